The highest BCUT2D eigenvalue weighted by Gasteiger charge is 2.23. The summed E-state index contributed by atoms with van der Waals surface area (Å²) in [5.41, 5.74) is 0.947. The molecule has 0 spiro atoms. The first-order valence-corrected chi connectivity index (χ1v) is 9.95. The molecule has 0 unspecified atom stereocenters. The third-order valence-corrected chi connectivity index (χ3v) is 5.96. The number of hydrogen-bond donors (Lipinski definition) is 1. The SMILES string of the molecule is CCN(c1ccc(C(=O)NCc2ccco2)cc1)S(=O)(=O)c1ccccc1. The Morgan fingerprint density at radius 1 is 1.00 bits per heavy atom. The van der Waals surface area contributed by atoms with Gasteiger partial charge in [0.15, 0.2) is 0 Å². The van der Waals surface area contributed by atoms with Crippen molar-refractivity contribution in [2.75, 3.05) is 10.8 Å². The fourth-order valence-electron chi connectivity index (χ4n) is 2.67. The van der Waals surface area contributed by atoms with Gasteiger partial charge >= 0.3 is 0 Å². The van der Waals surface area contributed by atoms with Crippen LogP contribution in [-0.4, -0.2) is 20.9 Å². The van der Waals surface area contributed by atoms with Crippen LogP contribution in [0.4, 0.5) is 5.69 Å². The summed E-state index contributed by atoms with van der Waals surface area (Å²) in [6.07, 6.45) is 1.54. The molecular weight excluding hydrogens is 364 g/mol. The van der Waals surface area contributed by atoms with Crippen LogP contribution in [0, 0.1) is 0 Å². The number of carbonyl (C=O) groups is 1. The van der Waals surface area contributed by atoms with E-state index >= 15 is 0 Å². The van der Waals surface area contributed by atoms with Gasteiger partial charge in [-0.3, -0.25) is 9.10 Å². The molecule has 0 bridgehead atoms. The molecule has 0 fully saturated rings. The molecule has 2 aromatic carbocycles. The second-order valence-corrected chi connectivity index (χ2v) is 7.65. The first-order valence-electron chi connectivity index (χ1n) is 8.51. The lowest BCUT2D eigenvalue weighted by Crippen LogP contribution is -2.30. The summed E-state index contributed by atoms with van der Waals surface area (Å²) in [6.45, 7) is 2.34. The Balaban J connectivity index is 1.76. The number of rotatable bonds is 7. The molecule has 0 radical (unpaired) electrons. The van der Waals surface area contributed by atoms with Crippen molar-refractivity contribution in [2.24, 2.45) is 0 Å². The van der Waals surface area contributed by atoms with Crippen LogP contribution < -0.4 is 9.62 Å². The molecule has 0 aliphatic heterocycles. The van der Waals surface area contributed by atoms with E-state index in [1.165, 1.54) is 4.31 Å². The molecule has 3 rings (SSSR count). The molecule has 1 N–H and O–H groups in total. The quantitative estimate of drug-likeness (QED) is 0.677. The van der Waals surface area contributed by atoms with Gasteiger partial charge in [0.1, 0.15) is 5.76 Å². The van der Waals surface area contributed by atoms with Crippen molar-refractivity contribution in [3.05, 3.63) is 84.3 Å². The highest BCUT2D eigenvalue weighted by atomic mass is 32.2. The van der Waals surface area contributed by atoms with Crippen LogP contribution in [0.3, 0.4) is 0 Å². The van der Waals surface area contributed by atoms with Crippen LogP contribution in [0.15, 0.2) is 82.3 Å². The fraction of sp³-hybridized carbons (Fsp3) is 0.150. The second-order valence-electron chi connectivity index (χ2n) is 5.79. The Morgan fingerprint density at radius 3 is 2.30 bits per heavy atom. The maximum atomic E-state index is 12.9. The normalized spacial score (nSPS) is 11.1. The third kappa shape index (κ3) is 4.20. The molecule has 0 aliphatic carbocycles. The van der Waals surface area contributed by atoms with E-state index in [1.807, 2.05) is 0 Å². The van der Waals surface area contributed by atoms with Gasteiger partial charge in [0.05, 0.1) is 23.4 Å². The lowest BCUT2D eigenvalue weighted by molar-refractivity contribution is 0.0948. The van der Waals surface area contributed by atoms with Crippen LogP contribution in [0.2, 0.25) is 0 Å². The first kappa shape index (κ1) is 18.7. The third-order valence-electron chi connectivity index (χ3n) is 4.04. The molecule has 3 aromatic rings. The van der Waals surface area contributed by atoms with Crippen molar-refractivity contribution < 1.29 is 17.6 Å². The number of nitrogens with zero attached hydrogens (tertiary/aromatic N) is 1. The number of benzene rings is 2. The van der Waals surface area contributed by atoms with E-state index in [4.69, 9.17) is 4.42 Å². The lowest BCUT2D eigenvalue weighted by atomic mass is 10.2. The van der Waals surface area contributed by atoms with E-state index in [9.17, 15) is 13.2 Å². The van der Waals surface area contributed by atoms with Crippen molar-refractivity contribution in [1.82, 2.24) is 5.32 Å². The molecule has 140 valence electrons. The van der Waals surface area contributed by atoms with Gasteiger partial charge in [-0.25, -0.2) is 8.42 Å². The van der Waals surface area contributed by atoms with Gasteiger partial charge in [-0.05, 0) is 55.5 Å². The van der Waals surface area contributed by atoms with Crippen LogP contribution >= 0.6 is 0 Å². The van der Waals surface area contributed by atoms with Crippen molar-refractivity contribution in [3.63, 3.8) is 0 Å². The number of carbonyl (C=O) groups excluding carboxylic acids is 1. The van der Waals surface area contributed by atoms with E-state index in [0.717, 1.165) is 0 Å². The van der Waals surface area contributed by atoms with Gasteiger partial charge in [0, 0.05) is 12.1 Å². The van der Waals surface area contributed by atoms with E-state index < -0.39 is 10.0 Å². The van der Waals surface area contributed by atoms with E-state index in [0.29, 0.717) is 17.0 Å². The zero-order valence-electron chi connectivity index (χ0n) is 14.8. The van der Waals surface area contributed by atoms with Crippen LogP contribution in [0.1, 0.15) is 23.0 Å². The summed E-state index contributed by atoms with van der Waals surface area (Å²) < 4.78 is 32.2. The van der Waals surface area contributed by atoms with E-state index in [2.05, 4.69) is 5.32 Å². The lowest BCUT2D eigenvalue weighted by Gasteiger charge is -2.23. The largest absolute Gasteiger partial charge is 0.467 e. The molecule has 0 saturated carbocycles. The fourth-order valence-corrected chi connectivity index (χ4v) is 4.17. The minimum atomic E-state index is -3.66. The van der Waals surface area contributed by atoms with Gasteiger partial charge in [0.2, 0.25) is 0 Å². The van der Waals surface area contributed by atoms with Gasteiger partial charge in [-0.15, -0.1) is 0 Å². The summed E-state index contributed by atoms with van der Waals surface area (Å²) in [6, 6.07) is 18.3. The molecule has 6 nitrogen and oxygen atoms in total. The Morgan fingerprint density at radius 2 is 1.70 bits per heavy atom. The Bertz CT molecular complexity index is 982. The highest BCUT2D eigenvalue weighted by molar-refractivity contribution is 7.92. The smallest absolute Gasteiger partial charge is 0.264 e. The number of sulfonamides is 1. The summed E-state index contributed by atoms with van der Waals surface area (Å²) in [7, 11) is -3.66. The molecule has 0 atom stereocenters. The van der Waals surface area contributed by atoms with Gasteiger partial charge in [-0.1, -0.05) is 18.2 Å². The van der Waals surface area contributed by atoms with Crippen molar-refractivity contribution in [3.8, 4) is 0 Å². The number of nitrogens with one attached hydrogen (secondary N) is 1. The summed E-state index contributed by atoms with van der Waals surface area (Å²) in [5, 5.41) is 2.76. The highest BCUT2D eigenvalue weighted by Crippen LogP contribution is 2.23. The minimum absolute atomic E-state index is 0.229. The average molecular weight is 384 g/mol. The summed E-state index contributed by atoms with van der Waals surface area (Å²) in [4.78, 5) is 12.5. The number of furan rings is 1. The topological polar surface area (TPSA) is 79.6 Å². The van der Waals surface area contributed by atoms with Gasteiger partial charge in [0.25, 0.3) is 15.9 Å². The van der Waals surface area contributed by atoms with E-state index in [-0.39, 0.29) is 23.9 Å². The van der Waals surface area contributed by atoms with Gasteiger partial charge < -0.3 is 9.73 Å². The second kappa shape index (κ2) is 8.09. The number of anilines is 1. The Hall–Kier alpha value is -3.06. The molecule has 0 aliphatic rings. The van der Waals surface area contributed by atoms with Crippen LogP contribution in [0.5, 0.6) is 0 Å². The molecule has 1 heterocycles. The maximum Gasteiger partial charge on any atom is 0.264 e. The molecule has 1 amide bonds. The van der Waals surface area contributed by atoms with Crippen LogP contribution in [0.25, 0.3) is 0 Å². The zero-order valence-corrected chi connectivity index (χ0v) is 15.6. The number of hydrogen-bond acceptors (Lipinski definition) is 4. The van der Waals surface area contributed by atoms with Gasteiger partial charge in [-0.2, -0.15) is 0 Å². The maximum absolute atomic E-state index is 12.9. The van der Waals surface area contributed by atoms with E-state index in [1.54, 1.807) is 79.9 Å². The number of amides is 1. The van der Waals surface area contributed by atoms with Crippen molar-refractivity contribution >= 4 is 21.6 Å². The standard InChI is InChI=1S/C20H20N2O4S/c1-2-22(27(24,25)19-8-4-3-5-9-19)17-12-10-16(11-13-17)20(23)21-15-18-7-6-14-26-18/h3-14H,2,15H2,1H3,(H,21,23). The monoisotopic (exact) mass is 384 g/mol. The first-order chi connectivity index (χ1) is 13.0. The molecule has 7 heteroatoms. The zero-order chi connectivity index (χ0) is 19.3. The molecule has 0 saturated heterocycles. The predicted octanol–water partition coefficient (Wildman–Crippen LogP) is 3.42. The molecule has 1 aromatic heterocycles. The van der Waals surface area contributed by atoms with Crippen molar-refractivity contribution in [2.45, 2.75) is 18.4 Å². The molecule has 27 heavy (non-hydrogen) atoms. The predicted molar refractivity (Wildman–Crippen MR) is 103 cm³/mol. The van der Waals surface area contributed by atoms with Crippen molar-refractivity contribution in [1.29, 1.82) is 0 Å². The summed E-state index contributed by atoms with van der Waals surface area (Å²) in [5.74, 6) is 0.401. The Kier molecular flexibility index (Phi) is 5.61. The minimum Gasteiger partial charge on any atom is -0.467 e. The average Bonchev–Trinajstić information content (AvgIpc) is 3.21. The molecular formula is C20H20N2O4S. The summed E-state index contributed by atoms with van der Waals surface area (Å²) >= 11 is 0. The van der Waals surface area contributed by atoms with Crippen LogP contribution in [-0.2, 0) is 16.6 Å². The Labute approximate surface area is 158 Å².